The van der Waals surface area contributed by atoms with Gasteiger partial charge in [-0.3, -0.25) is 4.79 Å². The molecule has 1 atom stereocenters. The molecule has 6 heteroatoms. The van der Waals surface area contributed by atoms with Gasteiger partial charge in [-0.2, -0.15) is 0 Å². The summed E-state index contributed by atoms with van der Waals surface area (Å²) in [7, 11) is 1.90. The van der Waals surface area contributed by atoms with Crippen LogP contribution in [0.15, 0.2) is 35.6 Å². The Morgan fingerprint density at radius 2 is 2.10 bits per heavy atom. The van der Waals surface area contributed by atoms with Crippen LogP contribution in [0, 0.1) is 6.92 Å². The molecule has 0 aliphatic rings. The average molecular weight is 300 g/mol. The number of fused-ring (bicyclic) bond motifs is 1. The third-order valence-corrected chi connectivity index (χ3v) is 4.69. The number of H-pyrrole nitrogens is 1. The van der Waals surface area contributed by atoms with E-state index in [0.717, 1.165) is 27.4 Å². The minimum Gasteiger partial charge on any atom is -0.360 e. The SMILES string of the molecule is Cc1nnc(S[C@H](C)C(=O)c2c[nH]c3ccccc23)n1C. The Hall–Kier alpha value is -2.08. The summed E-state index contributed by atoms with van der Waals surface area (Å²) in [5, 5.41) is 9.62. The van der Waals surface area contributed by atoms with Crippen LogP contribution < -0.4 is 0 Å². The molecule has 1 N–H and O–H groups in total. The predicted molar refractivity (Wildman–Crippen MR) is 83.7 cm³/mol. The van der Waals surface area contributed by atoms with Gasteiger partial charge < -0.3 is 9.55 Å². The van der Waals surface area contributed by atoms with Crippen molar-refractivity contribution in [3.63, 3.8) is 0 Å². The Kier molecular flexibility index (Phi) is 3.55. The molecule has 108 valence electrons. The largest absolute Gasteiger partial charge is 0.360 e. The second-order valence-corrected chi connectivity index (χ2v) is 6.27. The number of aryl methyl sites for hydroxylation is 1. The van der Waals surface area contributed by atoms with Crippen LogP contribution in [0.5, 0.6) is 0 Å². The van der Waals surface area contributed by atoms with Crippen LogP contribution in [-0.4, -0.2) is 30.8 Å². The van der Waals surface area contributed by atoms with E-state index < -0.39 is 0 Å². The predicted octanol–water partition coefficient (Wildman–Crippen LogP) is 2.97. The van der Waals surface area contributed by atoms with Crippen molar-refractivity contribution in [3.05, 3.63) is 41.9 Å². The number of benzene rings is 1. The van der Waals surface area contributed by atoms with Crippen LogP contribution in [0.3, 0.4) is 0 Å². The van der Waals surface area contributed by atoms with Gasteiger partial charge in [0.25, 0.3) is 0 Å². The number of hydrogen-bond acceptors (Lipinski definition) is 4. The summed E-state index contributed by atoms with van der Waals surface area (Å²) < 4.78 is 1.89. The average Bonchev–Trinajstić information content (AvgIpc) is 3.05. The van der Waals surface area contributed by atoms with E-state index in [1.807, 2.05) is 49.7 Å². The van der Waals surface area contributed by atoms with Crippen molar-refractivity contribution >= 4 is 28.4 Å². The summed E-state index contributed by atoms with van der Waals surface area (Å²) in [5.41, 5.74) is 1.71. The maximum absolute atomic E-state index is 12.6. The summed E-state index contributed by atoms with van der Waals surface area (Å²) in [6.45, 7) is 3.79. The van der Waals surface area contributed by atoms with Crippen molar-refractivity contribution < 1.29 is 4.79 Å². The van der Waals surface area contributed by atoms with Gasteiger partial charge in [0.2, 0.25) is 0 Å². The van der Waals surface area contributed by atoms with Crippen LogP contribution in [-0.2, 0) is 7.05 Å². The number of aromatic nitrogens is 4. The molecule has 3 rings (SSSR count). The van der Waals surface area contributed by atoms with Crippen molar-refractivity contribution in [1.82, 2.24) is 19.7 Å². The molecule has 0 spiro atoms. The number of carbonyl (C=O) groups excluding carboxylic acids is 1. The number of aromatic amines is 1. The van der Waals surface area contributed by atoms with Crippen molar-refractivity contribution in [2.24, 2.45) is 7.05 Å². The van der Waals surface area contributed by atoms with Gasteiger partial charge in [-0.1, -0.05) is 30.0 Å². The monoisotopic (exact) mass is 300 g/mol. The number of thioether (sulfide) groups is 1. The zero-order chi connectivity index (χ0) is 15.0. The number of hydrogen-bond donors (Lipinski definition) is 1. The van der Waals surface area contributed by atoms with Crippen molar-refractivity contribution in [2.45, 2.75) is 24.3 Å². The Morgan fingerprint density at radius 3 is 2.81 bits per heavy atom. The zero-order valence-electron chi connectivity index (χ0n) is 12.1. The van der Waals surface area contributed by atoms with E-state index in [-0.39, 0.29) is 11.0 Å². The fourth-order valence-electron chi connectivity index (χ4n) is 2.20. The first-order valence-corrected chi connectivity index (χ1v) is 7.59. The number of ketones is 1. The van der Waals surface area contributed by atoms with E-state index >= 15 is 0 Å². The van der Waals surface area contributed by atoms with Gasteiger partial charge in [0.15, 0.2) is 10.9 Å². The quantitative estimate of drug-likeness (QED) is 0.594. The van der Waals surface area contributed by atoms with Crippen LogP contribution >= 0.6 is 11.8 Å². The van der Waals surface area contributed by atoms with E-state index in [1.165, 1.54) is 11.8 Å². The standard InChI is InChI=1S/C15H16N4OS/c1-9(21-15-18-17-10(2)19(15)3)14(20)12-8-16-13-7-5-4-6-11(12)13/h4-9,16H,1-3H3/t9-/m1/s1. The molecule has 0 aliphatic carbocycles. The lowest BCUT2D eigenvalue weighted by atomic mass is 10.1. The maximum Gasteiger partial charge on any atom is 0.191 e. The molecule has 0 saturated carbocycles. The highest BCUT2D eigenvalue weighted by Crippen LogP contribution is 2.27. The third-order valence-electron chi connectivity index (χ3n) is 3.56. The number of nitrogens with zero attached hydrogens (tertiary/aromatic N) is 3. The molecule has 21 heavy (non-hydrogen) atoms. The van der Waals surface area contributed by atoms with E-state index in [0.29, 0.717) is 0 Å². The Morgan fingerprint density at radius 1 is 1.33 bits per heavy atom. The number of Topliss-reactive ketones (excluding diaryl/α,β-unsaturated/α-hetero) is 1. The fourth-order valence-corrected chi connectivity index (χ4v) is 3.12. The molecule has 0 radical (unpaired) electrons. The van der Waals surface area contributed by atoms with Crippen LogP contribution in [0.25, 0.3) is 10.9 Å². The molecular weight excluding hydrogens is 284 g/mol. The first kappa shape index (κ1) is 13.9. The molecule has 0 aliphatic heterocycles. The molecule has 0 fully saturated rings. The second-order valence-electron chi connectivity index (χ2n) is 4.96. The van der Waals surface area contributed by atoms with Crippen molar-refractivity contribution in [3.8, 4) is 0 Å². The summed E-state index contributed by atoms with van der Waals surface area (Å²) in [6.07, 6.45) is 1.78. The molecule has 5 nitrogen and oxygen atoms in total. The molecular formula is C15H16N4OS. The molecule has 1 aromatic carbocycles. The summed E-state index contributed by atoms with van der Waals surface area (Å²) in [4.78, 5) is 15.8. The van der Waals surface area contributed by atoms with E-state index in [4.69, 9.17) is 0 Å². The molecule has 2 aromatic heterocycles. The van der Waals surface area contributed by atoms with E-state index in [9.17, 15) is 4.79 Å². The lowest BCUT2D eigenvalue weighted by Crippen LogP contribution is -2.14. The number of carbonyl (C=O) groups is 1. The van der Waals surface area contributed by atoms with Gasteiger partial charge in [0, 0.05) is 29.7 Å². The van der Waals surface area contributed by atoms with Crippen LogP contribution in [0.4, 0.5) is 0 Å². The normalized spacial score (nSPS) is 12.7. The number of rotatable bonds is 4. The summed E-state index contributed by atoms with van der Waals surface area (Å²) in [6, 6.07) is 7.82. The van der Waals surface area contributed by atoms with Gasteiger partial charge in [0.1, 0.15) is 5.82 Å². The summed E-state index contributed by atoms with van der Waals surface area (Å²) >= 11 is 1.43. The maximum atomic E-state index is 12.6. The Balaban J connectivity index is 1.86. The molecule has 0 saturated heterocycles. The highest BCUT2D eigenvalue weighted by atomic mass is 32.2. The molecule has 0 bridgehead atoms. The smallest absolute Gasteiger partial charge is 0.191 e. The first-order chi connectivity index (χ1) is 10.1. The highest BCUT2D eigenvalue weighted by Gasteiger charge is 2.21. The number of nitrogens with one attached hydrogen (secondary N) is 1. The first-order valence-electron chi connectivity index (χ1n) is 6.71. The van der Waals surface area contributed by atoms with Crippen LogP contribution in [0.1, 0.15) is 23.1 Å². The Labute approximate surface area is 126 Å². The van der Waals surface area contributed by atoms with Crippen LogP contribution in [0.2, 0.25) is 0 Å². The topological polar surface area (TPSA) is 63.6 Å². The lowest BCUT2D eigenvalue weighted by molar-refractivity contribution is 0.0995. The molecule has 2 heterocycles. The lowest BCUT2D eigenvalue weighted by Gasteiger charge is -2.09. The molecule has 0 unspecified atom stereocenters. The third kappa shape index (κ3) is 2.47. The van der Waals surface area contributed by atoms with E-state index in [2.05, 4.69) is 15.2 Å². The molecule has 3 aromatic rings. The minimum atomic E-state index is -0.216. The van der Waals surface area contributed by atoms with Crippen molar-refractivity contribution in [1.29, 1.82) is 0 Å². The number of para-hydroxylation sites is 1. The minimum absolute atomic E-state index is 0.0955. The fraction of sp³-hybridized carbons (Fsp3) is 0.267. The van der Waals surface area contributed by atoms with Crippen molar-refractivity contribution in [2.75, 3.05) is 0 Å². The molecule has 0 amide bonds. The van der Waals surface area contributed by atoms with Gasteiger partial charge in [-0.05, 0) is 19.9 Å². The zero-order valence-corrected chi connectivity index (χ0v) is 12.9. The highest BCUT2D eigenvalue weighted by molar-refractivity contribution is 8.00. The van der Waals surface area contributed by atoms with Gasteiger partial charge in [-0.25, -0.2) is 0 Å². The van der Waals surface area contributed by atoms with Gasteiger partial charge in [-0.15, -0.1) is 10.2 Å². The summed E-state index contributed by atoms with van der Waals surface area (Å²) in [5.74, 6) is 0.933. The van der Waals surface area contributed by atoms with E-state index in [1.54, 1.807) is 6.20 Å². The van der Waals surface area contributed by atoms with Gasteiger partial charge in [0.05, 0.1) is 5.25 Å². The Bertz CT molecular complexity index is 805. The van der Waals surface area contributed by atoms with Gasteiger partial charge >= 0.3 is 0 Å². The second kappa shape index (κ2) is 5.37.